The first kappa shape index (κ1) is 17.7. The molecule has 0 bridgehead atoms. The fourth-order valence-corrected chi connectivity index (χ4v) is 3.09. The van der Waals surface area contributed by atoms with Gasteiger partial charge in [0.05, 0.1) is 0 Å². The number of carbonyl (C=O) groups is 2. The Bertz CT molecular complexity index is 592. The second-order valence-corrected chi connectivity index (χ2v) is 6.10. The molecule has 0 spiro atoms. The number of carboxylic acid groups (broad SMARTS) is 2. The van der Waals surface area contributed by atoms with Gasteiger partial charge >= 0.3 is 11.9 Å². The lowest BCUT2D eigenvalue weighted by Gasteiger charge is -2.25. The van der Waals surface area contributed by atoms with Crippen LogP contribution in [-0.4, -0.2) is 22.2 Å². The molecular formula is C20H22O4. The molecule has 0 fully saturated rings. The molecule has 0 aromatic heterocycles. The number of carboxylic acids is 2. The first-order chi connectivity index (χ1) is 11.5. The summed E-state index contributed by atoms with van der Waals surface area (Å²) in [6, 6.07) is 19.3. The molecular weight excluding hydrogens is 304 g/mol. The van der Waals surface area contributed by atoms with Crippen molar-refractivity contribution in [3.05, 3.63) is 71.8 Å². The van der Waals surface area contributed by atoms with E-state index in [1.165, 1.54) is 0 Å². The lowest BCUT2D eigenvalue weighted by atomic mass is 9.79. The molecule has 0 saturated carbocycles. The fourth-order valence-electron chi connectivity index (χ4n) is 3.09. The molecule has 2 unspecified atom stereocenters. The molecule has 0 aliphatic carbocycles. The molecule has 126 valence electrons. The van der Waals surface area contributed by atoms with Crippen molar-refractivity contribution in [1.29, 1.82) is 0 Å². The molecule has 0 amide bonds. The van der Waals surface area contributed by atoms with Crippen LogP contribution in [0, 0.1) is 11.8 Å². The third-order valence-corrected chi connectivity index (χ3v) is 4.22. The minimum atomic E-state index is -0.889. The van der Waals surface area contributed by atoms with E-state index in [0.717, 1.165) is 11.1 Å². The van der Waals surface area contributed by atoms with Crippen LogP contribution in [0.2, 0.25) is 0 Å². The first-order valence-electron chi connectivity index (χ1n) is 8.06. The zero-order chi connectivity index (χ0) is 17.4. The molecule has 2 rings (SSSR count). The van der Waals surface area contributed by atoms with Crippen LogP contribution >= 0.6 is 0 Å². The maximum absolute atomic E-state index is 11.3. The summed E-state index contributed by atoms with van der Waals surface area (Å²) in [5.74, 6) is -2.22. The van der Waals surface area contributed by atoms with Gasteiger partial charge in [-0.25, -0.2) is 0 Å². The molecule has 4 heteroatoms. The van der Waals surface area contributed by atoms with Crippen LogP contribution in [0.5, 0.6) is 0 Å². The zero-order valence-corrected chi connectivity index (χ0v) is 13.5. The Kier molecular flexibility index (Phi) is 6.55. The van der Waals surface area contributed by atoms with Gasteiger partial charge in [-0.1, -0.05) is 60.7 Å². The Morgan fingerprint density at radius 1 is 0.667 bits per heavy atom. The van der Waals surface area contributed by atoms with Gasteiger partial charge in [-0.15, -0.1) is 0 Å². The van der Waals surface area contributed by atoms with Gasteiger partial charge in [0.15, 0.2) is 0 Å². The van der Waals surface area contributed by atoms with Crippen LogP contribution < -0.4 is 0 Å². The van der Waals surface area contributed by atoms with Crippen molar-refractivity contribution in [3.8, 4) is 0 Å². The summed E-state index contributed by atoms with van der Waals surface area (Å²) in [5, 5.41) is 18.5. The van der Waals surface area contributed by atoms with E-state index in [0.29, 0.717) is 12.8 Å². The normalized spacial score (nSPS) is 13.2. The van der Waals surface area contributed by atoms with E-state index in [4.69, 9.17) is 0 Å². The van der Waals surface area contributed by atoms with E-state index >= 15 is 0 Å². The van der Waals surface area contributed by atoms with Crippen molar-refractivity contribution in [3.63, 3.8) is 0 Å². The molecule has 24 heavy (non-hydrogen) atoms. The topological polar surface area (TPSA) is 74.6 Å². The molecule has 2 atom stereocenters. The van der Waals surface area contributed by atoms with Gasteiger partial charge in [0, 0.05) is 12.8 Å². The van der Waals surface area contributed by atoms with Crippen molar-refractivity contribution in [2.75, 3.05) is 0 Å². The number of rotatable bonds is 9. The van der Waals surface area contributed by atoms with Gasteiger partial charge in [0.25, 0.3) is 0 Å². The highest BCUT2D eigenvalue weighted by Gasteiger charge is 2.26. The Balaban J connectivity index is 2.21. The smallest absolute Gasteiger partial charge is 0.303 e. The van der Waals surface area contributed by atoms with E-state index in [1.807, 2.05) is 60.7 Å². The summed E-state index contributed by atoms with van der Waals surface area (Å²) in [4.78, 5) is 22.6. The Labute approximate surface area is 141 Å². The van der Waals surface area contributed by atoms with Gasteiger partial charge in [0.1, 0.15) is 0 Å². The highest BCUT2D eigenvalue weighted by Crippen LogP contribution is 2.28. The van der Waals surface area contributed by atoms with E-state index < -0.39 is 11.9 Å². The van der Waals surface area contributed by atoms with Gasteiger partial charge in [-0.3, -0.25) is 9.59 Å². The fraction of sp³-hybridized carbons (Fsp3) is 0.300. The van der Waals surface area contributed by atoms with Gasteiger partial charge in [0.2, 0.25) is 0 Å². The molecule has 0 saturated heterocycles. The predicted octanol–water partition coefficient (Wildman–Crippen LogP) is 3.65. The van der Waals surface area contributed by atoms with Crippen molar-refractivity contribution < 1.29 is 19.8 Å². The first-order valence-corrected chi connectivity index (χ1v) is 8.06. The zero-order valence-electron chi connectivity index (χ0n) is 13.5. The molecule has 0 aliphatic rings. The van der Waals surface area contributed by atoms with Crippen LogP contribution in [0.3, 0.4) is 0 Å². The molecule has 0 heterocycles. The third kappa shape index (κ3) is 5.88. The van der Waals surface area contributed by atoms with Crippen molar-refractivity contribution >= 4 is 11.9 Å². The highest BCUT2D eigenvalue weighted by atomic mass is 16.4. The third-order valence-electron chi connectivity index (χ3n) is 4.22. The van der Waals surface area contributed by atoms with Crippen molar-refractivity contribution in [2.24, 2.45) is 11.8 Å². The summed E-state index contributed by atoms with van der Waals surface area (Å²) in [7, 11) is 0. The monoisotopic (exact) mass is 326 g/mol. The average Bonchev–Trinajstić information content (AvgIpc) is 2.55. The maximum Gasteiger partial charge on any atom is 0.303 e. The van der Waals surface area contributed by atoms with E-state index in [1.54, 1.807) is 0 Å². The minimum absolute atomic E-state index is 0.0281. The van der Waals surface area contributed by atoms with E-state index in [9.17, 15) is 19.8 Å². The lowest BCUT2D eigenvalue weighted by molar-refractivity contribution is -0.141. The number of hydrogen-bond acceptors (Lipinski definition) is 2. The largest absolute Gasteiger partial charge is 0.481 e. The molecule has 2 N–H and O–H groups in total. The SMILES string of the molecule is O=C(O)CC(Cc1ccccc1)C(CC(=O)O)Cc1ccccc1. The van der Waals surface area contributed by atoms with Crippen molar-refractivity contribution in [2.45, 2.75) is 25.7 Å². The van der Waals surface area contributed by atoms with Crippen molar-refractivity contribution in [1.82, 2.24) is 0 Å². The highest BCUT2D eigenvalue weighted by molar-refractivity contribution is 5.69. The van der Waals surface area contributed by atoms with Crippen LogP contribution in [0.4, 0.5) is 0 Å². The van der Waals surface area contributed by atoms with Crippen LogP contribution in [0.1, 0.15) is 24.0 Å². The molecule has 4 nitrogen and oxygen atoms in total. The number of benzene rings is 2. The van der Waals surface area contributed by atoms with Crippen LogP contribution in [0.25, 0.3) is 0 Å². The summed E-state index contributed by atoms with van der Waals surface area (Å²) in [6.45, 7) is 0. The minimum Gasteiger partial charge on any atom is -0.481 e. The summed E-state index contributed by atoms with van der Waals surface area (Å²) >= 11 is 0. The second-order valence-electron chi connectivity index (χ2n) is 6.10. The Morgan fingerprint density at radius 2 is 1.00 bits per heavy atom. The lowest BCUT2D eigenvalue weighted by Crippen LogP contribution is -2.25. The summed E-state index contributed by atoms with van der Waals surface area (Å²) in [6.07, 6.45) is 1.08. The van der Waals surface area contributed by atoms with Crippen LogP contribution in [0.15, 0.2) is 60.7 Å². The Hall–Kier alpha value is -2.62. The number of hydrogen-bond donors (Lipinski definition) is 2. The molecule has 0 aliphatic heterocycles. The molecule has 2 aromatic rings. The summed E-state index contributed by atoms with van der Waals surface area (Å²) < 4.78 is 0. The Morgan fingerprint density at radius 3 is 1.29 bits per heavy atom. The average molecular weight is 326 g/mol. The van der Waals surface area contributed by atoms with Gasteiger partial charge < -0.3 is 10.2 Å². The van der Waals surface area contributed by atoms with Gasteiger partial charge in [-0.2, -0.15) is 0 Å². The van der Waals surface area contributed by atoms with Gasteiger partial charge in [-0.05, 0) is 35.8 Å². The number of aliphatic carboxylic acids is 2. The van der Waals surface area contributed by atoms with E-state index in [2.05, 4.69) is 0 Å². The predicted molar refractivity (Wildman–Crippen MR) is 91.8 cm³/mol. The second kappa shape index (κ2) is 8.87. The summed E-state index contributed by atoms with van der Waals surface area (Å²) in [5.41, 5.74) is 2.07. The maximum atomic E-state index is 11.3. The molecule has 2 aromatic carbocycles. The quantitative estimate of drug-likeness (QED) is 0.737. The molecule has 0 radical (unpaired) electrons. The van der Waals surface area contributed by atoms with Crippen LogP contribution in [-0.2, 0) is 22.4 Å². The standard InChI is InChI=1S/C20H22O4/c21-19(22)13-17(11-15-7-3-1-4-8-15)18(14-20(23)24)12-16-9-5-2-6-10-16/h1-10,17-18H,11-14H2,(H,21,22)(H,23,24). The van der Waals surface area contributed by atoms with E-state index in [-0.39, 0.29) is 24.7 Å².